The van der Waals surface area contributed by atoms with E-state index in [0.717, 1.165) is 32.7 Å². The van der Waals surface area contributed by atoms with Crippen LogP contribution >= 0.6 is 0 Å². The Balaban J connectivity index is 1.43. The maximum Gasteiger partial charge on any atom is 0.223 e. The van der Waals surface area contributed by atoms with Gasteiger partial charge in [-0.1, -0.05) is 0 Å². The van der Waals surface area contributed by atoms with Crippen LogP contribution in [-0.2, 0) is 14.8 Å². The molecule has 8 heteroatoms. The number of sulfonamides is 1. The van der Waals surface area contributed by atoms with Gasteiger partial charge in [0.15, 0.2) is 0 Å². The molecule has 22 heavy (non-hydrogen) atoms. The summed E-state index contributed by atoms with van der Waals surface area (Å²) in [5.41, 5.74) is 0. The highest BCUT2D eigenvalue weighted by Gasteiger charge is 2.33. The first-order valence-electron chi connectivity index (χ1n) is 8.13. The van der Waals surface area contributed by atoms with E-state index in [2.05, 4.69) is 15.1 Å². The predicted octanol–water partition coefficient (Wildman–Crippen LogP) is -1.23. The lowest BCUT2D eigenvalue weighted by atomic mass is 9.97. The molecule has 1 amide bonds. The lowest BCUT2D eigenvalue weighted by Gasteiger charge is -2.47. The zero-order valence-electron chi connectivity index (χ0n) is 13.2. The summed E-state index contributed by atoms with van der Waals surface area (Å²) in [6, 6.07) is 0.433. The molecule has 0 aliphatic carbocycles. The number of hydrogen-bond donors (Lipinski definition) is 1. The molecule has 2 bridgehead atoms. The fraction of sp³-hybridized carbons (Fsp3) is 0.929. The summed E-state index contributed by atoms with van der Waals surface area (Å²) < 4.78 is 24.4. The zero-order chi connectivity index (χ0) is 15.7. The maximum absolute atomic E-state index is 12.3. The first-order valence-corrected chi connectivity index (χ1v) is 9.97. The van der Waals surface area contributed by atoms with Crippen LogP contribution in [0.3, 0.4) is 0 Å². The molecule has 1 unspecified atom stereocenters. The fourth-order valence-electron chi connectivity index (χ4n) is 3.73. The zero-order valence-corrected chi connectivity index (χ0v) is 14.0. The van der Waals surface area contributed by atoms with Gasteiger partial charge in [-0.3, -0.25) is 14.6 Å². The third kappa shape index (κ3) is 3.61. The number of piperidine rings is 1. The molecular weight excluding hydrogens is 304 g/mol. The van der Waals surface area contributed by atoms with Gasteiger partial charge in [0.05, 0.1) is 6.26 Å². The van der Waals surface area contributed by atoms with Gasteiger partial charge in [0.1, 0.15) is 0 Å². The average Bonchev–Trinajstić information content (AvgIpc) is 2.53. The van der Waals surface area contributed by atoms with Crippen LogP contribution in [0.4, 0.5) is 0 Å². The molecule has 4 heterocycles. The minimum atomic E-state index is -3.12. The summed E-state index contributed by atoms with van der Waals surface area (Å²) in [5, 5.41) is 3.09. The van der Waals surface area contributed by atoms with E-state index in [1.807, 2.05) is 0 Å². The second-order valence-corrected chi connectivity index (χ2v) is 8.65. The fourth-order valence-corrected chi connectivity index (χ4v) is 4.60. The number of amides is 1. The Kier molecular flexibility index (Phi) is 4.72. The molecule has 0 aromatic heterocycles. The lowest BCUT2D eigenvalue weighted by molar-refractivity contribution is -0.126. The maximum atomic E-state index is 12.3. The topological polar surface area (TPSA) is 73.0 Å². The molecule has 4 saturated heterocycles. The first kappa shape index (κ1) is 16.2. The van der Waals surface area contributed by atoms with Gasteiger partial charge in [0.2, 0.25) is 15.9 Å². The van der Waals surface area contributed by atoms with Crippen LogP contribution in [0.2, 0.25) is 0 Å². The molecule has 0 spiro atoms. The van der Waals surface area contributed by atoms with Crippen molar-refractivity contribution in [3.05, 3.63) is 0 Å². The third-order valence-corrected chi connectivity index (χ3v) is 6.50. The van der Waals surface area contributed by atoms with Gasteiger partial charge < -0.3 is 5.32 Å². The summed E-state index contributed by atoms with van der Waals surface area (Å²) in [7, 11) is -3.12. The molecule has 4 aliphatic heterocycles. The van der Waals surface area contributed by atoms with Gasteiger partial charge in [0, 0.05) is 64.3 Å². The number of fused-ring (bicyclic) bond motifs is 3. The van der Waals surface area contributed by atoms with Crippen molar-refractivity contribution in [2.24, 2.45) is 5.92 Å². The van der Waals surface area contributed by atoms with E-state index in [1.165, 1.54) is 10.6 Å². The van der Waals surface area contributed by atoms with Crippen molar-refractivity contribution in [2.75, 3.05) is 58.6 Å². The Morgan fingerprint density at radius 1 is 1.09 bits per heavy atom. The minimum Gasteiger partial charge on any atom is -0.354 e. The molecule has 4 fully saturated rings. The van der Waals surface area contributed by atoms with E-state index in [4.69, 9.17) is 0 Å². The van der Waals surface area contributed by atoms with E-state index < -0.39 is 10.0 Å². The number of hydrogen-bond acceptors (Lipinski definition) is 5. The molecule has 4 aliphatic rings. The highest BCUT2D eigenvalue weighted by atomic mass is 32.2. The standard InChI is InChI=1S/C14H26N4O3S/c1-22(20,21)18-4-2-12(3-5-18)14(19)15-10-13-11-16-6-8-17(13)9-7-16/h12-13H,2-11H2,1H3,(H,15,19). The van der Waals surface area contributed by atoms with E-state index in [0.29, 0.717) is 38.5 Å². The van der Waals surface area contributed by atoms with Gasteiger partial charge in [-0.05, 0) is 12.8 Å². The Bertz CT molecular complexity index is 508. The van der Waals surface area contributed by atoms with Crippen LogP contribution in [0, 0.1) is 5.92 Å². The highest BCUT2D eigenvalue weighted by molar-refractivity contribution is 7.88. The Morgan fingerprint density at radius 3 is 2.23 bits per heavy atom. The normalized spacial score (nSPS) is 33.8. The summed E-state index contributed by atoms with van der Waals surface area (Å²) >= 11 is 0. The van der Waals surface area contributed by atoms with Crippen LogP contribution in [-0.4, -0.2) is 93.1 Å². The molecule has 7 nitrogen and oxygen atoms in total. The highest BCUT2D eigenvalue weighted by Crippen LogP contribution is 2.20. The van der Waals surface area contributed by atoms with Gasteiger partial charge in [0.25, 0.3) is 0 Å². The van der Waals surface area contributed by atoms with Crippen molar-refractivity contribution < 1.29 is 13.2 Å². The number of carbonyl (C=O) groups excluding carboxylic acids is 1. The molecule has 4 rings (SSSR count). The Hall–Kier alpha value is -0.700. The van der Waals surface area contributed by atoms with Crippen molar-refractivity contribution >= 4 is 15.9 Å². The van der Waals surface area contributed by atoms with E-state index >= 15 is 0 Å². The van der Waals surface area contributed by atoms with Crippen LogP contribution in [0.1, 0.15) is 12.8 Å². The van der Waals surface area contributed by atoms with Crippen molar-refractivity contribution in [2.45, 2.75) is 18.9 Å². The summed E-state index contributed by atoms with van der Waals surface area (Å²) in [6.45, 7) is 7.18. The molecule has 0 aromatic rings. The van der Waals surface area contributed by atoms with E-state index in [1.54, 1.807) is 0 Å². The van der Waals surface area contributed by atoms with Crippen LogP contribution in [0.15, 0.2) is 0 Å². The van der Waals surface area contributed by atoms with Gasteiger partial charge in [-0.15, -0.1) is 0 Å². The van der Waals surface area contributed by atoms with Gasteiger partial charge in [-0.25, -0.2) is 12.7 Å². The second-order valence-electron chi connectivity index (χ2n) is 6.67. The molecule has 126 valence electrons. The van der Waals surface area contributed by atoms with Crippen molar-refractivity contribution in [1.29, 1.82) is 0 Å². The summed E-state index contributed by atoms with van der Waals surface area (Å²) in [5.74, 6) is 0.0416. The smallest absolute Gasteiger partial charge is 0.223 e. The van der Waals surface area contributed by atoms with Gasteiger partial charge >= 0.3 is 0 Å². The molecule has 0 saturated carbocycles. The largest absolute Gasteiger partial charge is 0.354 e. The van der Waals surface area contributed by atoms with Crippen LogP contribution in [0.25, 0.3) is 0 Å². The number of rotatable bonds is 4. The summed E-state index contributed by atoms with van der Waals surface area (Å²) in [4.78, 5) is 17.2. The Morgan fingerprint density at radius 2 is 1.73 bits per heavy atom. The quantitative estimate of drug-likeness (QED) is 0.699. The van der Waals surface area contributed by atoms with Crippen LogP contribution < -0.4 is 5.32 Å². The monoisotopic (exact) mass is 330 g/mol. The predicted molar refractivity (Wildman–Crippen MR) is 84.0 cm³/mol. The lowest BCUT2D eigenvalue weighted by Crippen LogP contribution is -2.63. The van der Waals surface area contributed by atoms with Crippen molar-refractivity contribution in [1.82, 2.24) is 19.4 Å². The van der Waals surface area contributed by atoms with Crippen molar-refractivity contribution in [3.8, 4) is 0 Å². The average molecular weight is 330 g/mol. The van der Waals surface area contributed by atoms with E-state index in [-0.39, 0.29) is 11.8 Å². The molecule has 0 aromatic carbocycles. The number of nitrogens with one attached hydrogen (secondary N) is 1. The first-order chi connectivity index (χ1) is 10.4. The number of carbonyl (C=O) groups is 1. The number of piperazine rings is 3. The second kappa shape index (κ2) is 6.43. The molecular formula is C14H26N4O3S. The van der Waals surface area contributed by atoms with Crippen molar-refractivity contribution in [3.63, 3.8) is 0 Å². The Labute approximate surface area is 132 Å². The summed E-state index contributed by atoms with van der Waals surface area (Å²) in [6.07, 6.45) is 2.48. The molecule has 0 radical (unpaired) electrons. The van der Waals surface area contributed by atoms with Gasteiger partial charge in [-0.2, -0.15) is 0 Å². The third-order valence-electron chi connectivity index (χ3n) is 5.20. The molecule has 1 atom stereocenters. The van der Waals surface area contributed by atoms with E-state index in [9.17, 15) is 13.2 Å². The molecule has 1 N–H and O–H groups in total. The minimum absolute atomic E-state index is 0.0471. The SMILES string of the molecule is CS(=O)(=O)N1CCC(C(=O)NCC2CN3CCN2CC3)CC1. The number of nitrogens with zero attached hydrogens (tertiary/aromatic N) is 3. The van der Waals surface area contributed by atoms with Crippen LogP contribution in [0.5, 0.6) is 0 Å².